The lowest BCUT2D eigenvalue weighted by Gasteiger charge is -2.31. The number of nitrogens with one attached hydrogen (secondary N) is 1. The quantitative estimate of drug-likeness (QED) is 0.879. The monoisotopic (exact) mass is 307 g/mol. The van der Waals surface area contributed by atoms with Gasteiger partial charge in [-0.1, -0.05) is 49.6 Å². The van der Waals surface area contributed by atoms with E-state index in [-0.39, 0.29) is 0 Å². The third-order valence-corrected chi connectivity index (χ3v) is 6.81. The summed E-state index contributed by atoms with van der Waals surface area (Å²) in [5.74, 6) is 1.88. The van der Waals surface area contributed by atoms with E-state index in [1.807, 2.05) is 6.07 Å². The van der Waals surface area contributed by atoms with Crippen molar-refractivity contribution in [3.63, 3.8) is 0 Å². The van der Waals surface area contributed by atoms with Gasteiger partial charge < -0.3 is 5.32 Å². The van der Waals surface area contributed by atoms with Crippen LogP contribution >= 0.6 is 0 Å². The third-order valence-electron chi connectivity index (χ3n) is 4.98. The highest BCUT2D eigenvalue weighted by Crippen LogP contribution is 2.35. The average molecular weight is 307 g/mol. The summed E-state index contributed by atoms with van der Waals surface area (Å²) >= 11 is 0. The summed E-state index contributed by atoms with van der Waals surface area (Å²) in [5, 5.41) is 3.65. The van der Waals surface area contributed by atoms with Crippen molar-refractivity contribution >= 4 is 9.84 Å². The molecule has 1 heterocycles. The van der Waals surface area contributed by atoms with Crippen LogP contribution in [0, 0.1) is 11.8 Å². The van der Waals surface area contributed by atoms with Crippen LogP contribution in [0.4, 0.5) is 0 Å². The largest absolute Gasteiger partial charge is 0.310 e. The predicted molar refractivity (Wildman–Crippen MR) is 85.9 cm³/mol. The van der Waals surface area contributed by atoms with Gasteiger partial charge in [0.05, 0.1) is 11.5 Å². The van der Waals surface area contributed by atoms with Crippen LogP contribution in [0.1, 0.15) is 43.7 Å². The van der Waals surface area contributed by atoms with Gasteiger partial charge in [-0.15, -0.1) is 0 Å². The Morgan fingerprint density at radius 3 is 2.43 bits per heavy atom. The van der Waals surface area contributed by atoms with Crippen molar-refractivity contribution in [2.24, 2.45) is 11.8 Å². The molecule has 1 aromatic rings. The SMILES string of the molecule is O=S1(=O)CC[C@@H](CN[C@H](CC2CCC2)c2ccccc2)C1. The van der Waals surface area contributed by atoms with E-state index in [9.17, 15) is 8.42 Å². The topological polar surface area (TPSA) is 46.2 Å². The molecule has 0 unspecified atom stereocenters. The lowest BCUT2D eigenvalue weighted by atomic mass is 9.79. The molecule has 1 N–H and O–H groups in total. The summed E-state index contributed by atoms with van der Waals surface area (Å²) in [6.45, 7) is 0.825. The first-order valence-electron chi connectivity index (χ1n) is 8.11. The Morgan fingerprint density at radius 1 is 1.10 bits per heavy atom. The molecule has 0 amide bonds. The van der Waals surface area contributed by atoms with Crippen molar-refractivity contribution in [3.05, 3.63) is 35.9 Å². The first-order valence-corrected chi connectivity index (χ1v) is 9.93. The zero-order valence-electron chi connectivity index (χ0n) is 12.5. The number of sulfone groups is 1. The molecule has 3 nitrogen and oxygen atoms in total. The van der Waals surface area contributed by atoms with E-state index < -0.39 is 9.84 Å². The van der Waals surface area contributed by atoms with Gasteiger partial charge in [-0.2, -0.15) is 0 Å². The highest BCUT2D eigenvalue weighted by Gasteiger charge is 2.29. The van der Waals surface area contributed by atoms with Gasteiger partial charge in [0.1, 0.15) is 0 Å². The van der Waals surface area contributed by atoms with E-state index in [1.54, 1.807) is 0 Å². The van der Waals surface area contributed by atoms with Gasteiger partial charge in [0.2, 0.25) is 0 Å². The van der Waals surface area contributed by atoms with Gasteiger partial charge in [0.25, 0.3) is 0 Å². The molecule has 116 valence electrons. The average Bonchev–Trinajstić information content (AvgIpc) is 2.77. The van der Waals surface area contributed by atoms with E-state index in [4.69, 9.17) is 0 Å². The maximum absolute atomic E-state index is 11.6. The zero-order chi connectivity index (χ0) is 14.7. The highest BCUT2D eigenvalue weighted by molar-refractivity contribution is 7.91. The molecule has 1 saturated carbocycles. The molecule has 0 radical (unpaired) electrons. The molecule has 21 heavy (non-hydrogen) atoms. The lowest BCUT2D eigenvalue weighted by Crippen LogP contribution is -2.30. The van der Waals surface area contributed by atoms with Crippen molar-refractivity contribution in [1.82, 2.24) is 5.32 Å². The summed E-state index contributed by atoms with van der Waals surface area (Å²) < 4.78 is 23.1. The van der Waals surface area contributed by atoms with Gasteiger partial charge in [-0.25, -0.2) is 8.42 Å². The van der Waals surface area contributed by atoms with Crippen molar-refractivity contribution in [3.8, 4) is 0 Å². The normalized spacial score (nSPS) is 26.4. The molecular weight excluding hydrogens is 282 g/mol. The van der Waals surface area contributed by atoms with Crippen LogP contribution < -0.4 is 5.32 Å². The Kier molecular flexibility index (Phi) is 4.65. The fraction of sp³-hybridized carbons (Fsp3) is 0.647. The second-order valence-electron chi connectivity index (χ2n) is 6.67. The number of hydrogen-bond donors (Lipinski definition) is 1. The van der Waals surface area contributed by atoms with Crippen molar-refractivity contribution in [2.75, 3.05) is 18.1 Å². The molecule has 0 bridgehead atoms. The maximum atomic E-state index is 11.6. The number of rotatable bonds is 6. The molecule has 1 saturated heterocycles. The predicted octanol–water partition coefficient (Wildman–Crippen LogP) is 2.94. The highest BCUT2D eigenvalue weighted by atomic mass is 32.2. The Labute approximate surface area is 128 Å². The molecule has 2 fully saturated rings. The number of benzene rings is 1. The smallest absolute Gasteiger partial charge is 0.150 e. The minimum atomic E-state index is -2.76. The Hall–Kier alpha value is -0.870. The van der Waals surface area contributed by atoms with E-state index in [0.29, 0.717) is 23.5 Å². The maximum Gasteiger partial charge on any atom is 0.150 e. The van der Waals surface area contributed by atoms with Gasteiger partial charge in [0.15, 0.2) is 9.84 Å². The molecule has 1 aromatic carbocycles. The summed E-state index contributed by atoms with van der Waals surface area (Å²) in [6.07, 6.45) is 6.07. The molecule has 3 rings (SSSR count). The fourth-order valence-electron chi connectivity index (χ4n) is 3.43. The molecule has 1 aliphatic heterocycles. The molecule has 2 atom stereocenters. The van der Waals surface area contributed by atoms with Crippen molar-refractivity contribution in [2.45, 2.75) is 38.1 Å². The van der Waals surface area contributed by atoms with E-state index in [2.05, 4.69) is 29.6 Å². The van der Waals surface area contributed by atoms with E-state index in [1.165, 1.54) is 31.2 Å². The third kappa shape index (κ3) is 4.07. The van der Waals surface area contributed by atoms with Gasteiger partial charge in [-0.3, -0.25) is 0 Å². The van der Waals surface area contributed by atoms with Gasteiger partial charge in [-0.05, 0) is 36.8 Å². The first kappa shape index (κ1) is 15.0. The van der Waals surface area contributed by atoms with E-state index in [0.717, 1.165) is 18.9 Å². The Morgan fingerprint density at radius 2 is 1.86 bits per heavy atom. The van der Waals surface area contributed by atoms with Crippen LogP contribution in [0.5, 0.6) is 0 Å². The van der Waals surface area contributed by atoms with Crippen LogP contribution in [-0.4, -0.2) is 26.5 Å². The minimum absolute atomic E-state index is 0.294. The molecule has 0 aromatic heterocycles. The standard InChI is InChI=1S/C17H25NO2S/c19-21(20)10-9-15(13-21)12-18-17(11-14-5-4-6-14)16-7-2-1-3-8-16/h1-3,7-8,14-15,17-18H,4-6,9-13H2/t15-,17+/m0/s1. The lowest BCUT2D eigenvalue weighted by molar-refractivity contribution is 0.257. The zero-order valence-corrected chi connectivity index (χ0v) is 13.3. The molecule has 4 heteroatoms. The summed E-state index contributed by atoms with van der Waals surface area (Å²) in [7, 11) is -2.76. The summed E-state index contributed by atoms with van der Waals surface area (Å²) in [4.78, 5) is 0. The van der Waals surface area contributed by atoms with Crippen LogP contribution in [-0.2, 0) is 9.84 Å². The van der Waals surface area contributed by atoms with Crippen LogP contribution in [0.25, 0.3) is 0 Å². The second kappa shape index (κ2) is 6.49. The van der Waals surface area contributed by atoms with E-state index >= 15 is 0 Å². The number of hydrogen-bond acceptors (Lipinski definition) is 3. The van der Waals surface area contributed by atoms with Crippen LogP contribution in [0.3, 0.4) is 0 Å². The molecule has 2 aliphatic rings. The second-order valence-corrected chi connectivity index (χ2v) is 8.90. The Bertz CT molecular complexity index is 551. The van der Waals surface area contributed by atoms with Gasteiger partial charge >= 0.3 is 0 Å². The van der Waals surface area contributed by atoms with Crippen molar-refractivity contribution < 1.29 is 8.42 Å². The van der Waals surface area contributed by atoms with Crippen molar-refractivity contribution in [1.29, 1.82) is 0 Å². The molecular formula is C17H25NO2S. The van der Waals surface area contributed by atoms with Gasteiger partial charge in [0, 0.05) is 6.04 Å². The fourth-order valence-corrected chi connectivity index (χ4v) is 5.29. The first-order chi connectivity index (χ1) is 10.1. The minimum Gasteiger partial charge on any atom is -0.310 e. The summed E-state index contributed by atoms with van der Waals surface area (Å²) in [5.41, 5.74) is 1.34. The molecule has 0 spiro atoms. The molecule has 1 aliphatic carbocycles. The summed E-state index contributed by atoms with van der Waals surface area (Å²) in [6, 6.07) is 11.0. The van der Waals surface area contributed by atoms with Crippen LogP contribution in [0.15, 0.2) is 30.3 Å². The van der Waals surface area contributed by atoms with Crippen LogP contribution in [0.2, 0.25) is 0 Å². The Balaban J connectivity index is 1.59.